The van der Waals surface area contributed by atoms with Gasteiger partial charge in [-0.25, -0.2) is 0 Å². The molecule has 3 aromatic rings. The molecule has 3 unspecified atom stereocenters. The van der Waals surface area contributed by atoms with Crippen LogP contribution in [0, 0.1) is 6.92 Å². The van der Waals surface area contributed by atoms with Crippen LogP contribution in [-0.2, 0) is 33.8 Å². The van der Waals surface area contributed by atoms with E-state index < -0.39 is 18.1 Å². The largest absolute Gasteiger partial charge is 0.508 e. The molecule has 1 saturated heterocycles. The van der Waals surface area contributed by atoms with Crippen LogP contribution < -0.4 is 5.32 Å². The summed E-state index contributed by atoms with van der Waals surface area (Å²) >= 11 is 0. The number of hydrogen-bond acceptors (Lipinski definition) is 4. The van der Waals surface area contributed by atoms with Crippen molar-refractivity contribution in [2.75, 3.05) is 6.54 Å². The van der Waals surface area contributed by atoms with Gasteiger partial charge in [0.2, 0.25) is 17.7 Å². The molecule has 3 aromatic carbocycles. The number of hydrogen-bond donors (Lipinski definition) is 2. The fraction of sp³-hybridized carbons (Fsp3) is 0.300. The molecule has 190 valence electrons. The first kappa shape index (κ1) is 24.6. The average Bonchev–Trinajstić information content (AvgIpc) is 2.91. The van der Waals surface area contributed by atoms with Gasteiger partial charge in [0.25, 0.3) is 0 Å². The molecular formula is C30H31N3O4. The second-order valence-electron chi connectivity index (χ2n) is 9.90. The molecular weight excluding hydrogens is 466 g/mol. The highest BCUT2D eigenvalue weighted by Crippen LogP contribution is 2.34. The van der Waals surface area contributed by atoms with E-state index in [9.17, 15) is 19.5 Å². The maximum Gasteiger partial charge on any atom is 0.247 e. The van der Waals surface area contributed by atoms with Crippen molar-refractivity contribution in [3.8, 4) is 5.75 Å². The molecule has 0 aromatic heterocycles. The Balaban J connectivity index is 1.42. The van der Waals surface area contributed by atoms with Crippen molar-refractivity contribution in [2.24, 2.45) is 0 Å². The van der Waals surface area contributed by atoms with E-state index in [1.54, 1.807) is 24.0 Å². The zero-order valence-corrected chi connectivity index (χ0v) is 21.1. The fourth-order valence-corrected chi connectivity index (χ4v) is 5.32. The number of nitrogens with one attached hydrogen (secondary N) is 1. The molecule has 5 rings (SSSR count). The van der Waals surface area contributed by atoms with Crippen LogP contribution >= 0.6 is 0 Å². The monoisotopic (exact) mass is 497 g/mol. The van der Waals surface area contributed by atoms with Crippen LogP contribution in [0.1, 0.15) is 40.8 Å². The lowest BCUT2D eigenvalue weighted by molar-refractivity contribution is -0.167. The highest BCUT2D eigenvalue weighted by atomic mass is 16.3. The van der Waals surface area contributed by atoms with Crippen LogP contribution in [0.2, 0.25) is 0 Å². The standard InChI is InChI=1S/C30H31N3O4/c1-19-7-11-22(12-8-19)27(28(35)31-16-15-21-9-13-25(34)14-10-21)33-20(2)29(36)32-18-24-6-4-3-5-23(24)17-26(32)30(33)37/h3-14,20,26-27,34H,15-18H2,1-2H3,(H,31,35). The predicted molar refractivity (Wildman–Crippen MR) is 140 cm³/mol. The van der Waals surface area contributed by atoms with E-state index in [1.807, 2.05) is 67.6 Å². The van der Waals surface area contributed by atoms with Crippen molar-refractivity contribution in [2.45, 2.75) is 51.4 Å². The van der Waals surface area contributed by atoms with Gasteiger partial charge in [0, 0.05) is 19.5 Å². The number of aryl methyl sites for hydroxylation is 1. The number of benzene rings is 3. The molecule has 0 bridgehead atoms. The summed E-state index contributed by atoms with van der Waals surface area (Å²) in [5.41, 5.74) is 4.80. The van der Waals surface area contributed by atoms with Crippen LogP contribution in [0.25, 0.3) is 0 Å². The maximum absolute atomic E-state index is 14.0. The van der Waals surface area contributed by atoms with Crippen molar-refractivity contribution in [1.82, 2.24) is 15.1 Å². The van der Waals surface area contributed by atoms with Gasteiger partial charge >= 0.3 is 0 Å². The number of rotatable bonds is 6. The van der Waals surface area contributed by atoms with Gasteiger partial charge in [0.1, 0.15) is 23.9 Å². The lowest BCUT2D eigenvalue weighted by Crippen LogP contribution is -2.66. The molecule has 1 fully saturated rings. The summed E-state index contributed by atoms with van der Waals surface area (Å²) in [6, 6.07) is 19.9. The van der Waals surface area contributed by atoms with E-state index in [0.29, 0.717) is 31.5 Å². The van der Waals surface area contributed by atoms with E-state index in [0.717, 1.165) is 22.3 Å². The molecule has 37 heavy (non-hydrogen) atoms. The molecule has 0 saturated carbocycles. The number of phenolic OH excluding ortho intramolecular Hbond substituents is 1. The Labute approximate surface area is 216 Å². The van der Waals surface area contributed by atoms with Gasteiger partial charge in [0.05, 0.1) is 0 Å². The number of piperazine rings is 1. The van der Waals surface area contributed by atoms with Crippen LogP contribution in [0.5, 0.6) is 5.75 Å². The quantitative estimate of drug-likeness (QED) is 0.547. The second-order valence-corrected chi connectivity index (χ2v) is 9.90. The van der Waals surface area contributed by atoms with Gasteiger partial charge in [-0.15, -0.1) is 0 Å². The molecule has 2 N–H and O–H groups in total. The van der Waals surface area contributed by atoms with Crippen molar-refractivity contribution < 1.29 is 19.5 Å². The van der Waals surface area contributed by atoms with Crippen molar-refractivity contribution >= 4 is 17.7 Å². The number of phenols is 1. The van der Waals surface area contributed by atoms with Crippen LogP contribution in [0.15, 0.2) is 72.8 Å². The Hall–Kier alpha value is -4.13. The van der Waals surface area contributed by atoms with Crippen molar-refractivity contribution in [3.05, 3.63) is 101 Å². The fourth-order valence-electron chi connectivity index (χ4n) is 5.32. The lowest BCUT2D eigenvalue weighted by Gasteiger charge is -2.48. The minimum atomic E-state index is -0.925. The maximum atomic E-state index is 14.0. The molecule has 0 radical (unpaired) electrons. The van der Waals surface area contributed by atoms with Crippen LogP contribution in [-0.4, -0.2) is 51.3 Å². The summed E-state index contributed by atoms with van der Waals surface area (Å²) in [5, 5.41) is 12.5. The summed E-state index contributed by atoms with van der Waals surface area (Å²) in [4.78, 5) is 44.3. The molecule has 2 aliphatic heterocycles. The molecule has 2 heterocycles. The molecule has 7 heteroatoms. The normalized spacial score (nSPS) is 19.7. The zero-order valence-electron chi connectivity index (χ0n) is 21.1. The van der Waals surface area contributed by atoms with Gasteiger partial charge in [-0.1, -0.05) is 66.2 Å². The molecule has 2 aliphatic rings. The van der Waals surface area contributed by atoms with Crippen molar-refractivity contribution in [3.63, 3.8) is 0 Å². The van der Waals surface area contributed by atoms with Gasteiger partial charge in [0.15, 0.2) is 0 Å². The third-order valence-electron chi connectivity index (χ3n) is 7.41. The average molecular weight is 498 g/mol. The van der Waals surface area contributed by atoms with E-state index in [-0.39, 0.29) is 23.5 Å². The molecule has 7 nitrogen and oxygen atoms in total. The number of amides is 3. The Morgan fingerprint density at radius 1 is 0.973 bits per heavy atom. The number of fused-ring (bicyclic) bond motifs is 2. The SMILES string of the molecule is Cc1ccc(C(C(=O)NCCc2ccc(O)cc2)N2C(=O)C3Cc4ccccc4CN3C(=O)C2C)cc1. The molecule has 0 spiro atoms. The number of carbonyl (C=O) groups is 3. The predicted octanol–water partition coefficient (Wildman–Crippen LogP) is 3.28. The Bertz CT molecular complexity index is 1320. The summed E-state index contributed by atoms with van der Waals surface area (Å²) in [6.07, 6.45) is 1.01. The topological polar surface area (TPSA) is 89.9 Å². The highest BCUT2D eigenvalue weighted by molar-refractivity contribution is 6.00. The summed E-state index contributed by atoms with van der Waals surface area (Å²) in [6.45, 7) is 4.44. The molecule has 0 aliphatic carbocycles. The van der Waals surface area contributed by atoms with E-state index in [4.69, 9.17) is 0 Å². The number of nitrogens with zero attached hydrogens (tertiary/aromatic N) is 2. The molecule has 3 amide bonds. The zero-order chi connectivity index (χ0) is 26.1. The van der Waals surface area contributed by atoms with E-state index >= 15 is 0 Å². The van der Waals surface area contributed by atoms with Crippen LogP contribution in [0.3, 0.4) is 0 Å². The minimum absolute atomic E-state index is 0.145. The second kappa shape index (κ2) is 10.1. The summed E-state index contributed by atoms with van der Waals surface area (Å²) in [7, 11) is 0. The Morgan fingerprint density at radius 3 is 2.35 bits per heavy atom. The van der Waals surface area contributed by atoms with Gasteiger partial charge in [-0.3, -0.25) is 14.4 Å². The Kier molecular flexibility index (Phi) is 6.70. The molecule has 3 atom stereocenters. The number of carbonyl (C=O) groups excluding carboxylic acids is 3. The van der Waals surface area contributed by atoms with Gasteiger partial charge < -0.3 is 20.2 Å². The van der Waals surface area contributed by atoms with Gasteiger partial charge in [-0.2, -0.15) is 0 Å². The Morgan fingerprint density at radius 2 is 1.65 bits per heavy atom. The minimum Gasteiger partial charge on any atom is -0.508 e. The third-order valence-corrected chi connectivity index (χ3v) is 7.41. The number of aromatic hydroxyl groups is 1. The first-order chi connectivity index (χ1) is 17.8. The first-order valence-corrected chi connectivity index (χ1v) is 12.6. The smallest absolute Gasteiger partial charge is 0.247 e. The van der Waals surface area contributed by atoms with Crippen LogP contribution in [0.4, 0.5) is 0 Å². The van der Waals surface area contributed by atoms with E-state index in [1.165, 1.54) is 4.90 Å². The third kappa shape index (κ3) is 4.81. The highest BCUT2D eigenvalue weighted by Gasteiger charge is 2.49. The first-order valence-electron chi connectivity index (χ1n) is 12.6. The van der Waals surface area contributed by atoms with E-state index in [2.05, 4.69) is 5.32 Å². The lowest BCUT2D eigenvalue weighted by atomic mass is 9.88. The summed E-state index contributed by atoms with van der Waals surface area (Å²) in [5.74, 6) is -0.483. The van der Waals surface area contributed by atoms with Crippen molar-refractivity contribution in [1.29, 1.82) is 0 Å². The summed E-state index contributed by atoms with van der Waals surface area (Å²) < 4.78 is 0. The van der Waals surface area contributed by atoms with Gasteiger partial charge in [-0.05, 0) is 54.7 Å².